The molecule has 3 rings (SSSR count). The third-order valence-corrected chi connectivity index (χ3v) is 4.66. The lowest BCUT2D eigenvalue weighted by Gasteiger charge is -2.17. The maximum absolute atomic E-state index is 12.5. The van der Waals surface area contributed by atoms with Crippen molar-refractivity contribution in [3.05, 3.63) is 70.8 Å². The summed E-state index contributed by atoms with van der Waals surface area (Å²) in [6.45, 7) is 7.33. The van der Waals surface area contributed by atoms with E-state index in [1.165, 1.54) is 13.0 Å². The second-order valence-corrected chi connectivity index (χ2v) is 7.03. The van der Waals surface area contributed by atoms with Crippen LogP contribution in [0.2, 0.25) is 0 Å². The number of esters is 1. The Hall–Kier alpha value is -3.34. The van der Waals surface area contributed by atoms with E-state index in [-0.39, 0.29) is 11.3 Å². The first kappa shape index (κ1) is 19.4. The van der Waals surface area contributed by atoms with Gasteiger partial charge in [-0.05, 0) is 61.7 Å². The smallest absolute Gasteiger partial charge is 0.342 e. The average molecular weight is 377 g/mol. The van der Waals surface area contributed by atoms with E-state index in [0.29, 0.717) is 5.69 Å². The van der Waals surface area contributed by atoms with Crippen LogP contribution >= 0.6 is 0 Å². The number of benzene rings is 3. The molecule has 0 aliphatic carbocycles. The molecule has 0 fully saturated rings. The molecule has 28 heavy (non-hydrogen) atoms. The van der Waals surface area contributed by atoms with Gasteiger partial charge < -0.3 is 15.2 Å². The standard InChI is InChI=1S/C23H23NO4/c1-13-9-14(2)21(15(3)10-13)24-22(26)16(4)28-23(27)19-11-17-7-5-6-8-18(17)12-20(19)25/h5-12,16,25H,1-4H3,(H,24,26)/t16-/m0/s1. The lowest BCUT2D eigenvalue weighted by Crippen LogP contribution is -2.30. The van der Waals surface area contributed by atoms with Gasteiger partial charge in [0.15, 0.2) is 6.10 Å². The zero-order valence-electron chi connectivity index (χ0n) is 16.4. The Kier molecular flexibility index (Phi) is 5.36. The van der Waals surface area contributed by atoms with Crippen LogP contribution in [0.4, 0.5) is 5.69 Å². The van der Waals surface area contributed by atoms with Crippen molar-refractivity contribution < 1.29 is 19.4 Å². The number of aryl methyl sites for hydroxylation is 3. The van der Waals surface area contributed by atoms with Gasteiger partial charge in [-0.1, -0.05) is 42.0 Å². The molecule has 0 unspecified atom stereocenters. The predicted molar refractivity (Wildman–Crippen MR) is 110 cm³/mol. The van der Waals surface area contributed by atoms with E-state index < -0.39 is 18.0 Å². The number of phenolic OH excluding ortho intramolecular Hbond substituents is 1. The van der Waals surface area contributed by atoms with Gasteiger partial charge >= 0.3 is 5.97 Å². The molecule has 0 bridgehead atoms. The second-order valence-electron chi connectivity index (χ2n) is 7.03. The van der Waals surface area contributed by atoms with Crippen molar-refractivity contribution in [1.82, 2.24) is 0 Å². The third-order valence-electron chi connectivity index (χ3n) is 4.66. The number of rotatable bonds is 4. The molecule has 2 N–H and O–H groups in total. The summed E-state index contributed by atoms with van der Waals surface area (Å²) in [6.07, 6.45) is -1.02. The molecule has 0 spiro atoms. The van der Waals surface area contributed by atoms with Crippen molar-refractivity contribution in [2.45, 2.75) is 33.8 Å². The minimum Gasteiger partial charge on any atom is -0.507 e. The Morgan fingerprint density at radius 3 is 2.14 bits per heavy atom. The Bertz CT molecular complexity index is 1050. The zero-order chi connectivity index (χ0) is 20.4. The summed E-state index contributed by atoms with van der Waals surface area (Å²) >= 11 is 0. The lowest BCUT2D eigenvalue weighted by atomic mass is 10.0. The molecule has 0 aliphatic rings. The molecular formula is C23H23NO4. The van der Waals surface area contributed by atoms with Crippen LogP contribution in [-0.2, 0) is 9.53 Å². The number of ether oxygens (including phenoxy) is 1. The summed E-state index contributed by atoms with van der Waals surface area (Å²) in [5.41, 5.74) is 3.74. The number of amides is 1. The van der Waals surface area contributed by atoms with Crippen LogP contribution in [0.3, 0.4) is 0 Å². The molecule has 1 atom stereocenters. The first-order chi connectivity index (χ1) is 13.3. The molecule has 0 saturated carbocycles. The molecule has 0 saturated heterocycles. The molecule has 0 aliphatic heterocycles. The first-order valence-corrected chi connectivity index (χ1v) is 9.07. The minimum atomic E-state index is -1.02. The number of fused-ring (bicyclic) bond motifs is 1. The Morgan fingerprint density at radius 2 is 1.54 bits per heavy atom. The number of hydrogen-bond acceptors (Lipinski definition) is 4. The molecule has 0 radical (unpaired) electrons. The SMILES string of the molecule is Cc1cc(C)c(NC(=O)[C@H](C)OC(=O)c2cc3ccccc3cc2O)c(C)c1. The number of hydrogen-bond donors (Lipinski definition) is 2. The zero-order valence-corrected chi connectivity index (χ0v) is 16.4. The van der Waals surface area contributed by atoms with Crippen LogP contribution in [0.15, 0.2) is 48.5 Å². The Labute approximate surface area is 164 Å². The summed E-state index contributed by atoms with van der Waals surface area (Å²) in [4.78, 5) is 25.0. The molecule has 3 aromatic carbocycles. The van der Waals surface area contributed by atoms with Crippen LogP contribution in [0, 0.1) is 20.8 Å². The van der Waals surface area contributed by atoms with Crippen molar-refractivity contribution in [3.8, 4) is 5.75 Å². The monoisotopic (exact) mass is 377 g/mol. The van der Waals surface area contributed by atoms with Gasteiger partial charge in [-0.15, -0.1) is 0 Å². The van der Waals surface area contributed by atoms with Crippen LogP contribution in [-0.4, -0.2) is 23.1 Å². The van der Waals surface area contributed by atoms with E-state index in [0.717, 1.165) is 27.5 Å². The van der Waals surface area contributed by atoms with Gasteiger partial charge in [0.05, 0.1) is 0 Å². The fourth-order valence-electron chi connectivity index (χ4n) is 3.27. The van der Waals surface area contributed by atoms with Crippen LogP contribution in [0.1, 0.15) is 34.0 Å². The van der Waals surface area contributed by atoms with Crippen LogP contribution in [0.5, 0.6) is 5.75 Å². The lowest BCUT2D eigenvalue weighted by molar-refractivity contribution is -0.123. The van der Waals surface area contributed by atoms with Crippen LogP contribution in [0.25, 0.3) is 10.8 Å². The van der Waals surface area contributed by atoms with Crippen molar-refractivity contribution in [2.75, 3.05) is 5.32 Å². The van der Waals surface area contributed by atoms with Crippen molar-refractivity contribution >= 4 is 28.3 Å². The fourth-order valence-corrected chi connectivity index (χ4v) is 3.27. The third kappa shape index (κ3) is 3.98. The molecule has 144 valence electrons. The number of nitrogens with one attached hydrogen (secondary N) is 1. The molecule has 5 heteroatoms. The average Bonchev–Trinajstić information content (AvgIpc) is 2.63. The maximum atomic E-state index is 12.5. The largest absolute Gasteiger partial charge is 0.507 e. The topological polar surface area (TPSA) is 75.6 Å². The van der Waals surface area contributed by atoms with Gasteiger partial charge in [0, 0.05) is 5.69 Å². The quantitative estimate of drug-likeness (QED) is 0.649. The van der Waals surface area contributed by atoms with Gasteiger partial charge in [0.25, 0.3) is 5.91 Å². The van der Waals surface area contributed by atoms with Crippen LogP contribution < -0.4 is 5.32 Å². The molecule has 0 aromatic heterocycles. The highest BCUT2D eigenvalue weighted by atomic mass is 16.5. The fraction of sp³-hybridized carbons (Fsp3) is 0.217. The highest BCUT2D eigenvalue weighted by molar-refractivity contribution is 6.01. The maximum Gasteiger partial charge on any atom is 0.342 e. The number of carbonyl (C=O) groups excluding carboxylic acids is 2. The van der Waals surface area contributed by atoms with Crippen molar-refractivity contribution in [3.63, 3.8) is 0 Å². The van der Waals surface area contributed by atoms with E-state index in [4.69, 9.17) is 4.74 Å². The molecule has 1 amide bonds. The van der Waals surface area contributed by atoms with E-state index in [1.807, 2.05) is 57.2 Å². The summed E-state index contributed by atoms with van der Waals surface area (Å²) in [7, 11) is 0. The molecule has 5 nitrogen and oxygen atoms in total. The highest BCUT2D eigenvalue weighted by Crippen LogP contribution is 2.26. The van der Waals surface area contributed by atoms with Crippen molar-refractivity contribution in [2.24, 2.45) is 0 Å². The highest BCUT2D eigenvalue weighted by Gasteiger charge is 2.22. The van der Waals surface area contributed by atoms with E-state index in [9.17, 15) is 14.7 Å². The first-order valence-electron chi connectivity index (χ1n) is 9.07. The van der Waals surface area contributed by atoms with Gasteiger partial charge in [-0.3, -0.25) is 4.79 Å². The van der Waals surface area contributed by atoms with Gasteiger partial charge in [-0.25, -0.2) is 4.79 Å². The van der Waals surface area contributed by atoms with Gasteiger partial charge in [0.2, 0.25) is 0 Å². The minimum absolute atomic E-state index is 0.0287. The van der Waals surface area contributed by atoms with E-state index >= 15 is 0 Å². The molecular weight excluding hydrogens is 354 g/mol. The second kappa shape index (κ2) is 7.72. The van der Waals surface area contributed by atoms with Gasteiger partial charge in [0.1, 0.15) is 11.3 Å². The Morgan fingerprint density at radius 1 is 0.964 bits per heavy atom. The van der Waals surface area contributed by atoms with Gasteiger partial charge in [-0.2, -0.15) is 0 Å². The van der Waals surface area contributed by atoms with E-state index in [1.54, 1.807) is 6.07 Å². The number of phenols is 1. The summed E-state index contributed by atoms with van der Waals surface area (Å²) in [6, 6.07) is 14.4. The molecule has 0 heterocycles. The predicted octanol–water partition coefficient (Wildman–Crippen LogP) is 4.65. The number of anilines is 1. The normalized spacial score (nSPS) is 11.9. The summed E-state index contributed by atoms with van der Waals surface area (Å²) in [5, 5.41) is 14.6. The molecule has 3 aromatic rings. The van der Waals surface area contributed by atoms with E-state index in [2.05, 4.69) is 5.32 Å². The Balaban J connectivity index is 1.75. The van der Waals surface area contributed by atoms with Crippen molar-refractivity contribution in [1.29, 1.82) is 0 Å². The summed E-state index contributed by atoms with van der Waals surface area (Å²) < 4.78 is 5.29. The summed E-state index contributed by atoms with van der Waals surface area (Å²) in [5.74, 6) is -1.35. The number of aromatic hydroxyl groups is 1. The number of carbonyl (C=O) groups is 2.